The molecule has 0 radical (unpaired) electrons. The highest BCUT2D eigenvalue weighted by Crippen LogP contribution is 2.42. The van der Waals surface area contributed by atoms with E-state index in [1.54, 1.807) is 11.0 Å². The third-order valence-electron chi connectivity index (χ3n) is 6.93. The number of aromatic nitrogens is 1. The Kier molecular flexibility index (Phi) is 6.32. The van der Waals surface area contributed by atoms with Crippen molar-refractivity contribution in [1.82, 2.24) is 9.47 Å². The predicted molar refractivity (Wildman–Crippen MR) is 131 cm³/mol. The average molecular weight is 517 g/mol. The van der Waals surface area contributed by atoms with E-state index in [-0.39, 0.29) is 44.9 Å². The van der Waals surface area contributed by atoms with Crippen LogP contribution in [0.3, 0.4) is 0 Å². The van der Waals surface area contributed by atoms with Crippen LogP contribution < -0.4 is 0 Å². The fraction of sp³-hybridized carbons (Fsp3) is 0.346. The van der Waals surface area contributed by atoms with Gasteiger partial charge in [-0.05, 0) is 73.4 Å². The number of piperidine rings is 1. The van der Waals surface area contributed by atoms with Crippen molar-refractivity contribution in [3.63, 3.8) is 0 Å². The van der Waals surface area contributed by atoms with E-state index in [0.29, 0.717) is 37.2 Å². The largest absolute Gasteiger partial charge is 0.481 e. The average Bonchev–Trinajstić information content (AvgIpc) is 3.58. The van der Waals surface area contributed by atoms with Crippen LogP contribution >= 0.6 is 23.2 Å². The van der Waals surface area contributed by atoms with Gasteiger partial charge in [-0.15, -0.1) is 0 Å². The first-order valence-electron chi connectivity index (χ1n) is 11.6. The minimum absolute atomic E-state index is 0.0201. The SMILES string of the molecule is O=C(O)CC1CCN(C(=O)c2ccc(Cl)c(C(=O)n3ccc4cc(C5CC5)cc(F)c43)c2Cl)CC1. The molecule has 3 aromatic rings. The lowest BCUT2D eigenvalue weighted by Crippen LogP contribution is -2.39. The van der Waals surface area contributed by atoms with Crippen molar-refractivity contribution in [1.29, 1.82) is 0 Å². The van der Waals surface area contributed by atoms with E-state index >= 15 is 4.39 Å². The van der Waals surface area contributed by atoms with Crippen LogP contribution in [0.5, 0.6) is 0 Å². The molecular weight excluding hydrogens is 494 g/mol. The molecule has 1 aromatic heterocycles. The number of hydrogen-bond acceptors (Lipinski definition) is 3. The lowest BCUT2D eigenvalue weighted by Gasteiger charge is -2.31. The molecule has 1 saturated heterocycles. The molecule has 1 N–H and O–H groups in total. The molecule has 2 fully saturated rings. The molecule has 9 heteroatoms. The van der Waals surface area contributed by atoms with E-state index in [0.717, 1.165) is 18.4 Å². The first-order valence-corrected chi connectivity index (χ1v) is 12.3. The fourth-order valence-electron chi connectivity index (χ4n) is 4.87. The molecule has 1 aliphatic carbocycles. The number of carbonyl (C=O) groups excluding carboxylic acids is 2. The predicted octanol–water partition coefficient (Wildman–Crippen LogP) is 5.98. The quantitative estimate of drug-likeness (QED) is 0.452. The zero-order valence-corrected chi connectivity index (χ0v) is 20.3. The maximum absolute atomic E-state index is 15.0. The number of halogens is 3. The Hall–Kier alpha value is -2.90. The topological polar surface area (TPSA) is 79.6 Å². The lowest BCUT2D eigenvalue weighted by atomic mass is 9.93. The zero-order valence-electron chi connectivity index (χ0n) is 18.8. The van der Waals surface area contributed by atoms with Crippen LogP contribution in [-0.2, 0) is 4.79 Å². The second kappa shape index (κ2) is 9.28. The molecule has 2 heterocycles. The number of aliphatic carboxylic acids is 1. The number of carboxylic acid groups (broad SMARTS) is 1. The standard InChI is InChI=1S/C26H23Cl2FN2O4/c27-19-4-3-18(25(34)30-8-5-14(6-9-30)11-21(32)33)23(28)22(19)26(35)31-10-7-16-12-17(15-1-2-15)13-20(29)24(16)31/h3-4,7,10,12-15H,1-2,5-6,8-9,11H2,(H,32,33). The maximum atomic E-state index is 15.0. The number of hydrogen-bond donors (Lipinski definition) is 1. The summed E-state index contributed by atoms with van der Waals surface area (Å²) in [6.45, 7) is 0.797. The third kappa shape index (κ3) is 4.55. The minimum atomic E-state index is -0.851. The number of fused-ring (bicyclic) bond motifs is 1. The van der Waals surface area contributed by atoms with Crippen molar-refractivity contribution >= 4 is 51.9 Å². The molecule has 1 saturated carbocycles. The van der Waals surface area contributed by atoms with Crippen molar-refractivity contribution in [2.45, 2.75) is 38.0 Å². The van der Waals surface area contributed by atoms with Gasteiger partial charge in [-0.25, -0.2) is 4.39 Å². The molecule has 2 aliphatic rings. The summed E-state index contributed by atoms with van der Waals surface area (Å²) in [5, 5.41) is 9.59. The number of likely N-dealkylation sites (tertiary alicyclic amines) is 1. The summed E-state index contributed by atoms with van der Waals surface area (Å²) in [7, 11) is 0. The van der Waals surface area contributed by atoms with E-state index in [2.05, 4.69) is 0 Å². The van der Waals surface area contributed by atoms with E-state index < -0.39 is 17.7 Å². The number of benzene rings is 2. The van der Waals surface area contributed by atoms with Crippen LogP contribution in [-0.4, -0.2) is 45.4 Å². The number of carbonyl (C=O) groups is 3. The molecule has 182 valence electrons. The van der Waals surface area contributed by atoms with Gasteiger partial charge < -0.3 is 10.0 Å². The number of carboxylic acids is 1. The molecule has 0 atom stereocenters. The van der Waals surface area contributed by atoms with E-state index in [4.69, 9.17) is 28.3 Å². The van der Waals surface area contributed by atoms with Crippen molar-refractivity contribution < 1.29 is 23.9 Å². The second-order valence-electron chi connectivity index (χ2n) is 9.32. The molecule has 35 heavy (non-hydrogen) atoms. The van der Waals surface area contributed by atoms with Crippen LogP contribution in [0.1, 0.15) is 64.3 Å². The van der Waals surface area contributed by atoms with Crippen molar-refractivity contribution in [2.75, 3.05) is 13.1 Å². The first kappa shape index (κ1) is 23.8. The first-order chi connectivity index (χ1) is 16.7. The molecular formula is C26H23Cl2FN2O4. The van der Waals surface area contributed by atoms with Crippen LogP contribution in [0.15, 0.2) is 36.5 Å². The Morgan fingerprint density at radius 1 is 1.00 bits per heavy atom. The summed E-state index contributed by atoms with van der Waals surface area (Å²) >= 11 is 12.9. The lowest BCUT2D eigenvalue weighted by molar-refractivity contribution is -0.138. The summed E-state index contributed by atoms with van der Waals surface area (Å²) in [4.78, 5) is 39.3. The Labute approximate surface area is 211 Å². The van der Waals surface area contributed by atoms with E-state index in [1.807, 2.05) is 6.07 Å². The van der Waals surface area contributed by atoms with Crippen molar-refractivity contribution in [2.24, 2.45) is 5.92 Å². The summed E-state index contributed by atoms with van der Waals surface area (Å²) in [6, 6.07) is 7.97. The fourth-order valence-corrected chi connectivity index (χ4v) is 5.48. The van der Waals surface area contributed by atoms with Crippen LogP contribution in [0.4, 0.5) is 4.39 Å². The highest BCUT2D eigenvalue weighted by atomic mass is 35.5. The maximum Gasteiger partial charge on any atom is 0.303 e. The summed E-state index contributed by atoms with van der Waals surface area (Å²) in [5.74, 6) is -1.93. The highest BCUT2D eigenvalue weighted by Gasteiger charge is 2.30. The zero-order chi connectivity index (χ0) is 24.9. The van der Waals surface area contributed by atoms with Gasteiger partial charge in [0.1, 0.15) is 5.82 Å². The van der Waals surface area contributed by atoms with Gasteiger partial charge in [0.25, 0.3) is 11.8 Å². The molecule has 1 amide bonds. The smallest absolute Gasteiger partial charge is 0.303 e. The molecule has 5 rings (SSSR count). The number of amides is 1. The minimum Gasteiger partial charge on any atom is -0.481 e. The van der Waals surface area contributed by atoms with E-state index in [9.17, 15) is 14.4 Å². The van der Waals surface area contributed by atoms with Gasteiger partial charge in [-0.3, -0.25) is 19.0 Å². The molecule has 2 aromatic carbocycles. The van der Waals surface area contributed by atoms with Gasteiger partial charge in [0.2, 0.25) is 0 Å². The molecule has 0 spiro atoms. The van der Waals surface area contributed by atoms with Crippen LogP contribution in [0.2, 0.25) is 10.0 Å². The van der Waals surface area contributed by atoms with Gasteiger partial charge in [0.15, 0.2) is 0 Å². The van der Waals surface area contributed by atoms with E-state index in [1.165, 1.54) is 29.0 Å². The molecule has 1 aliphatic heterocycles. The number of nitrogens with zero attached hydrogens (tertiary/aromatic N) is 2. The van der Waals surface area contributed by atoms with Gasteiger partial charge in [0.05, 0.1) is 26.7 Å². The summed E-state index contributed by atoms with van der Waals surface area (Å²) in [6.07, 6.45) is 4.79. The van der Waals surface area contributed by atoms with Gasteiger partial charge in [0, 0.05) is 31.1 Å². The Morgan fingerprint density at radius 3 is 2.37 bits per heavy atom. The van der Waals surface area contributed by atoms with Crippen molar-refractivity contribution in [3.05, 3.63) is 69.1 Å². The van der Waals surface area contributed by atoms with Crippen molar-refractivity contribution in [3.8, 4) is 0 Å². The molecule has 0 bridgehead atoms. The van der Waals surface area contributed by atoms with Gasteiger partial charge >= 0.3 is 5.97 Å². The highest BCUT2D eigenvalue weighted by molar-refractivity contribution is 6.41. The third-order valence-corrected chi connectivity index (χ3v) is 7.63. The number of rotatable bonds is 5. The van der Waals surface area contributed by atoms with Crippen LogP contribution in [0.25, 0.3) is 10.9 Å². The molecule has 0 unspecified atom stereocenters. The second-order valence-corrected chi connectivity index (χ2v) is 10.1. The Bertz CT molecular complexity index is 1360. The Balaban J connectivity index is 1.44. The molecule has 6 nitrogen and oxygen atoms in total. The van der Waals surface area contributed by atoms with Gasteiger partial charge in [-0.1, -0.05) is 23.2 Å². The Morgan fingerprint density at radius 2 is 1.71 bits per heavy atom. The summed E-state index contributed by atoms with van der Waals surface area (Å²) in [5.41, 5.74) is 1.13. The van der Waals surface area contributed by atoms with Gasteiger partial charge in [-0.2, -0.15) is 0 Å². The van der Waals surface area contributed by atoms with Crippen LogP contribution in [0, 0.1) is 11.7 Å². The normalized spacial score (nSPS) is 16.6. The summed E-state index contributed by atoms with van der Waals surface area (Å²) < 4.78 is 16.2. The monoisotopic (exact) mass is 516 g/mol.